The second-order valence-corrected chi connectivity index (χ2v) is 6.23. The number of methoxy groups -OCH3 is 1. The van der Waals surface area contributed by atoms with Gasteiger partial charge < -0.3 is 14.6 Å². The van der Waals surface area contributed by atoms with E-state index >= 15 is 0 Å². The molecule has 1 atom stereocenters. The first-order valence-corrected chi connectivity index (χ1v) is 7.89. The van der Waals surface area contributed by atoms with Crippen molar-refractivity contribution in [2.24, 2.45) is 5.92 Å². The Morgan fingerprint density at radius 1 is 1.57 bits per heavy atom. The highest BCUT2D eigenvalue weighted by molar-refractivity contribution is 5.81. The van der Waals surface area contributed by atoms with Gasteiger partial charge >= 0.3 is 5.97 Å². The average molecular weight is 293 g/mol. The normalized spacial score (nSPS) is 17.8. The number of nitrogens with one attached hydrogen (secondary N) is 1. The lowest BCUT2D eigenvalue weighted by molar-refractivity contribution is -0.150. The summed E-state index contributed by atoms with van der Waals surface area (Å²) in [4.78, 5) is 16.9. The minimum Gasteiger partial charge on any atom is -0.468 e. The van der Waals surface area contributed by atoms with Gasteiger partial charge in [-0.25, -0.2) is 9.78 Å². The van der Waals surface area contributed by atoms with Gasteiger partial charge in [0.2, 0.25) is 0 Å². The Bertz CT molecular complexity index is 480. The standard InChI is InChI=1S/C16H27N3O2/c1-5-8-18-16(13-6-7-13,15(20)21-4)11-19-10-9-17-14(19)12(2)3/h9-10,12-13,18H,5-8,11H2,1-4H3. The monoisotopic (exact) mass is 293 g/mol. The van der Waals surface area contributed by atoms with Crippen LogP contribution in [0.25, 0.3) is 0 Å². The topological polar surface area (TPSA) is 56.2 Å². The fourth-order valence-electron chi connectivity index (χ4n) is 2.96. The Kier molecular flexibility index (Phi) is 5.04. The fourth-order valence-corrected chi connectivity index (χ4v) is 2.96. The third-order valence-corrected chi connectivity index (χ3v) is 4.20. The minimum absolute atomic E-state index is 0.151. The Hall–Kier alpha value is -1.36. The minimum atomic E-state index is -0.616. The molecule has 0 aromatic carbocycles. The third-order valence-electron chi connectivity index (χ3n) is 4.20. The predicted molar refractivity (Wildman–Crippen MR) is 82.1 cm³/mol. The Labute approximate surface area is 127 Å². The summed E-state index contributed by atoms with van der Waals surface area (Å²) in [6.45, 7) is 7.76. The van der Waals surface area contributed by atoms with Crippen LogP contribution in [0.4, 0.5) is 0 Å². The zero-order valence-corrected chi connectivity index (χ0v) is 13.6. The molecule has 1 aliphatic rings. The fraction of sp³-hybridized carbons (Fsp3) is 0.750. The van der Waals surface area contributed by atoms with Gasteiger partial charge in [0, 0.05) is 18.3 Å². The Morgan fingerprint density at radius 2 is 2.29 bits per heavy atom. The summed E-state index contributed by atoms with van der Waals surface area (Å²) in [5.74, 6) is 1.56. The SMILES string of the molecule is CCCNC(Cn1ccnc1C(C)C)(C(=O)OC)C1CC1. The van der Waals surface area contributed by atoms with Crippen LogP contribution in [0.15, 0.2) is 12.4 Å². The molecule has 1 aromatic rings. The van der Waals surface area contributed by atoms with Crippen molar-refractivity contribution in [2.45, 2.75) is 58.0 Å². The molecule has 0 amide bonds. The zero-order chi connectivity index (χ0) is 15.5. The molecular weight excluding hydrogens is 266 g/mol. The molecule has 0 radical (unpaired) electrons. The molecule has 0 bridgehead atoms. The average Bonchev–Trinajstić information content (AvgIpc) is 3.22. The Morgan fingerprint density at radius 3 is 2.81 bits per heavy atom. The number of hydrogen-bond donors (Lipinski definition) is 1. The molecule has 1 saturated carbocycles. The van der Waals surface area contributed by atoms with E-state index in [4.69, 9.17) is 4.74 Å². The van der Waals surface area contributed by atoms with Crippen LogP contribution in [-0.4, -0.2) is 34.7 Å². The van der Waals surface area contributed by atoms with Crippen molar-refractivity contribution in [1.29, 1.82) is 0 Å². The molecule has 118 valence electrons. The maximum absolute atomic E-state index is 12.5. The summed E-state index contributed by atoms with van der Waals surface area (Å²) in [6.07, 6.45) is 6.93. The number of hydrogen-bond acceptors (Lipinski definition) is 4. The van der Waals surface area contributed by atoms with Crippen LogP contribution in [0, 0.1) is 5.92 Å². The molecule has 21 heavy (non-hydrogen) atoms. The second-order valence-electron chi connectivity index (χ2n) is 6.23. The van der Waals surface area contributed by atoms with Gasteiger partial charge in [-0.1, -0.05) is 20.8 Å². The molecule has 5 nitrogen and oxygen atoms in total. The molecular formula is C16H27N3O2. The van der Waals surface area contributed by atoms with E-state index in [0.29, 0.717) is 18.4 Å². The highest BCUT2D eigenvalue weighted by Crippen LogP contribution is 2.41. The largest absolute Gasteiger partial charge is 0.468 e. The molecule has 1 fully saturated rings. The number of rotatable bonds is 8. The first-order chi connectivity index (χ1) is 10.0. The molecule has 1 aromatic heterocycles. The van der Waals surface area contributed by atoms with Crippen LogP contribution in [0.1, 0.15) is 51.8 Å². The highest BCUT2D eigenvalue weighted by atomic mass is 16.5. The molecule has 0 aliphatic heterocycles. The van der Waals surface area contributed by atoms with E-state index in [1.165, 1.54) is 7.11 Å². The molecule has 1 heterocycles. The quantitative estimate of drug-likeness (QED) is 0.747. The number of aromatic nitrogens is 2. The number of imidazole rings is 1. The number of ether oxygens (including phenoxy) is 1. The number of carbonyl (C=O) groups excluding carboxylic acids is 1. The summed E-state index contributed by atoms with van der Waals surface area (Å²) in [5.41, 5.74) is -0.616. The number of esters is 1. The molecule has 0 spiro atoms. The van der Waals surface area contributed by atoms with Crippen molar-refractivity contribution in [3.05, 3.63) is 18.2 Å². The molecule has 5 heteroatoms. The summed E-state index contributed by atoms with van der Waals surface area (Å²) < 4.78 is 7.23. The van der Waals surface area contributed by atoms with Gasteiger partial charge in [0.05, 0.1) is 13.7 Å². The summed E-state index contributed by atoms with van der Waals surface area (Å²) in [5, 5.41) is 3.48. The van der Waals surface area contributed by atoms with Crippen molar-refractivity contribution in [2.75, 3.05) is 13.7 Å². The van der Waals surface area contributed by atoms with Crippen LogP contribution >= 0.6 is 0 Å². The summed E-state index contributed by atoms with van der Waals surface area (Å²) in [6, 6.07) is 0. The van der Waals surface area contributed by atoms with Gasteiger partial charge in [-0.2, -0.15) is 0 Å². The van der Waals surface area contributed by atoms with Gasteiger partial charge in [0.25, 0.3) is 0 Å². The van der Waals surface area contributed by atoms with Gasteiger partial charge in [0.1, 0.15) is 11.4 Å². The van der Waals surface area contributed by atoms with E-state index in [1.54, 1.807) is 0 Å². The van der Waals surface area contributed by atoms with Crippen molar-refractivity contribution < 1.29 is 9.53 Å². The highest BCUT2D eigenvalue weighted by Gasteiger charge is 2.52. The molecule has 0 saturated heterocycles. The van der Waals surface area contributed by atoms with Crippen LogP contribution in [0.5, 0.6) is 0 Å². The lowest BCUT2D eigenvalue weighted by atomic mass is 9.92. The van der Waals surface area contributed by atoms with Crippen molar-refractivity contribution in [3.8, 4) is 0 Å². The van der Waals surface area contributed by atoms with Gasteiger partial charge in [-0.15, -0.1) is 0 Å². The zero-order valence-electron chi connectivity index (χ0n) is 13.6. The lowest BCUT2D eigenvalue weighted by Gasteiger charge is -2.33. The Balaban J connectivity index is 2.30. The number of carbonyl (C=O) groups is 1. The maximum atomic E-state index is 12.5. The second kappa shape index (κ2) is 6.60. The molecule has 2 rings (SSSR count). The lowest BCUT2D eigenvalue weighted by Crippen LogP contribution is -2.57. The maximum Gasteiger partial charge on any atom is 0.328 e. The van der Waals surface area contributed by atoms with E-state index in [2.05, 4.69) is 35.6 Å². The van der Waals surface area contributed by atoms with Crippen molar-refractivity contribution in [1.82, 2.24) is 14.9 Å². The first-order valence-electron chi connectivity index (χ1n) is 7.89. The van der Waals surface area contributed by atoms with Gasteiger partial charge in [-0.3, -0.25) is 0 Å². The van der Waals surface area contributed by atoms with E-state index in [0.717, 1.165) is 31.6 Å². The molecule has 1 aliphatic carbocycles. The van der Waals surface area contributed by atoms with Crippen molar-refractivity contribution >= 4 is 5.97 Å². The molecule has 1 N–H and O–H groups in total. The van der Waals surface area contributed by atoms with Crippen molar-refractivity contribution in [3.63, 3.8) is 0 Å². The first kappa shape index (κ1) is 16.0. The van der Waals surface area contributed by atoms with Gasteiger partial charge in [-0.05, 0) is 31.7 Å². The number of nitrogens with zero attached hydrogens (tertiary/aromatic N) is 2. The summed E-state index contributed by atoms with van der Waals surface area (Å²) in [7, 11) is 1.48. The smallest absolute Gasteiger partial charge is 0.328 e. The summed E-state index contributed by atoms with van der Waals surface area (Å²) >= 11 is 0. The van der Waals surface area contributed by atoms with Crippen LogP contribution in [0.2, 0.25) is 0 Å². The van der Waals surface area contributed by atoms with Crippen LogP contribution in [0.3, 0.4) is 0 Å². The van der Waals surface area contributed by atoms with E-state index in [-0.39, 0.29) is 5.97 Å². The van der Waals surface area contributed by atoms with Gasteiger partial charge in [0.15, 0.2) is 0 Å². The van der Waals surface area contributed by atoms with E-state index in [1.807, 2.05) is 12.4 Å². The molecule has 1 unspecified atom stereocenters. The van der Waals surface area contributed by atoms with E-state index < -0.39 is 5.54 Å². The van der Waals surface area contributed by atoms with Crippen LogP contribution < -0.4 is 5.32 Å². The van der Waals surface area contributed by atoms with Crippen LogP contribution in [-0.2, 0) is 16.1 Å². The van der Waals surface area contributed by atoms with E-state index in [9.17, 15) is 4.79 Å². The predicted octanol–water partition coefficient (Wildman–Crippen LogP) is 2.33. The third kappa shape index (κ3) is 3.28.